The summed E-state index contributed by atoms with van der Waals surface area (Å²) < 4.78 is 10.3. The van der Waals surface area contributed by atoms with E-state index >= 15 is 0 Å². The first kappa shape index (κ1) is 18.2. The maximum atomic E-state index is 12.3. The summed E-state index contributed by atoms with van der Waals surface area (Å²) in [7, 11) is 1.50. The number of anilines is 2. The van der Waals surface area contributed by atoms with E-state index in [0.717, 1.165) is 23.4 Å². The van der Waals surface area contributed by atoms with E-state index in [1.807, 2.05) is 25.1 Å². The lowest BCUT2D eigenvalue weighted by Gasteiger charge is -2.22. The number of nitrogens with zero attached hydrogens (tertiary/aromatic N) is 2. The van der Waals surface area contributed by atoms with Gasteiger partial charge in [-0.2, -0.15) is 0 Å². The number of methoxy groups -OCH3 is 1. The number of ether oxygens (including phenoxy) is 2. The van der Waals surface area contributed by atoms with Gasteiger partial charge in [-0.05, 0) is 37.1 Å². The molecule has 140 valence electrons. The molecule has 8 heteroatoms. The van der Waals surface area contributed by atoms with Gasteiger partial charge in [-0.25, -0.2) is 4.79 Å². The van der Waals surface area contributed by atoms with E-state index in [-0.39, 0.29) is 30.6 Å². The second-order valence-corrected chi connectivity index (χ2v) is 6.62. The minimum Gasteiger partial charge on any atom is -0.442 e. The number of hydrogen-bond donors (Lipinski definition) is 1. The van der Waals surface area contributed by atoms with Crippen molar-refractivity contribution in [1.82, 2.24) is 5.32 Å². The Morgan fingerprint density at radius 1 is 1.38 bits per heavy atom. The maximum absolute atomic E-state index is 12.3. The normalized spacial score (nSPS) is 21.6. The summed E-state index contributed by atoms with van der Waals surface area (Å²) in [5.74, 6) is -0.241. The van der Waals surface area contributed by atoms with Gasteiger partial charge in [0.15, 0.2) is 0 Å². The highest BCUT2D eigenvalue weighted by Gasteiger charge is 2.35. The van der Waals surface area contributed by atoms with Crippen LogP contribution < -0.4 is 15.1 Å². The molecule has 1 aromatic carbocycles. The Morgan fingerprint density at radius 2 is 2.15 bits per heavy atom. The first-order chi connectivity index (χ1) is 12.4. The molecule has 2 aliphatic heterocycles. The minimum atomic E-state index is -0.432. The number of carbonyl (C=O) groups excluding carboxylic acids is 3. The second-order valence-electron chi connectivity index (χ2n) is 6.62. The predicted molar refractivity (Wildman–Crippen MR) is 95.3 cm³/mol. The third-order valence-corrected chi connectivity index (χ3v) is 4.58. The van der Waals surface area contributed by atoms with Crippen molar-refractivity contribution >= 4 is 29.3 Å². The van der Waals surface area contributed by atoms with Gasteiger partial charge in [0.2, 0.25) is 5.91 Å². The zero-order chi connectivity index (χ0) is 18.8. The fourth-order valence-electron chi connectivity index (χ4n) is 3.45. The van der Waals surface area contributed by atoms with Crippen LogP contribution in [0.2, 0.25) is 0 Å². The summed E-state index contributed by atoms with van der Waals surface area (Å²) in [6.45, 7) is 4.11. The first-order valence-electron chi connectivity index (χ1n) is 8.57. The molecule has 0 radical (unpaired) electrons. The van der Waals surface area contributed by atoms with E-state index in [2.05, 4.69) is 5.32 Å². The SMILES string of the molecule is COCC(=O)N1c2ccc(N3CC(CNC(C)=O)OC3=O)cc2CC1C. The van der Waals surface area contributed by atoms with Crippen LogP contribution in [0.3, 0.4) is 0 Å². The van der Waals surface area contributed by atoms with Gasteiger partial charge < -0.3 is 19.7 Å². The standard InChI is InChI=1S/C18H23N3O5/c1-11-6-13-7-14(4-5-16(13)21(11)17(23)10-25-3)20-9-15(26-18(20)24)8-19-12(2)22/h4-5,7,11,15H,6,8-10H2,1-3H3,(H,19,22). The topological polar surface area (TPSA) is 88.2 Å². The quantitative estimate of drug-likeness (QED) is 0.848. The Labute approximate surface area is 152 Å². The molecule has 2 unspecified atom stereocenters. The lowest BCUT2D eigenvalue weighted by molar-refractivity contribution is -0.122. The lowest BCUT2D eigenvalue weighted by atomic mass is 10.1. The number of amides is 3. The Balaban J connectivity index is 1.76. The summed E-state index contributed by atoms with van der Waals surface area (Å²) in [6.07, 6.45) is -0.0892. The average molecular weight is 361 g/mol. The van der Waals surface area contributed by atoms with E-state index in [9.17, 15) is 14.4 Å². The Hall–Kier alpha value is -2.61. The average Bonchev–Trinajstić information content (AvgIpc) is 3.11. The molecule has 8 nitrogen and oxygen atoms in total. The van der Waals surface area contributed by atoms with Gasteiger partial charge in [-0.15, -0.1) is 0 Å². The summed E-state index contributed by atoms with van der Waals surface area (Å²) in [4.78, 5) is 38.7. The maximum Gasteiger partial charge on any atom is 0.414 e. The molecule has 0 bridgehead atoms. The molecule has 26 heavy (non-hydrogen) atoms. The van der Waals surface area contributed by atoms with Crippen molar-refractivity contribution in [1.29, 1.82) is 0 Å². The molecule has 0 aromatic heterocycles. The van der Waals surface area contributed by atoms with Gasteiger partial charge in [0.25, 0.3) is 5.91 Å². The minimum absolute atomic E-state index is 0.0365. The molecule has 2 aliphatic rings. The largest absolute Gasteiger partial charge is 0.442 e. The number of carbonyl (C=O) groups is 3. The summed E-state index contributed by atoms with van der Waals surface area (Å²) in [6, 6.07) is 5.64. The Kier molecular flexibility index (Phi) is 5.13. The number of cyclic esters (lactones) is 1. The number of benzene rings is 1. The molecule has 1 saturated heterocycles. The zero-order valence-corrected chi connectivity index (χ0v) is 15.2. The molecule has 0 spiro atoms. The summed E-state index contributed by atoms with van der Waals surface area (Å²) in [5.41, 5.74) is 2.59. The van der Waals surface area contributed by atoms with Crippen LogP contribution in [0.1, 0.15) is 19.4 Å². The third-order valence-electron chi connectivity index (χ3n) is 4.58. The molecule has 1 fully saturated rings. The van der Waals surface area contributed by atoms with Gasteiger partial charge in [0.05, 0.1) is 13.1 Å². The van der Waals surface area contributed by atoms with Crippen molar-refractivity contribution in [2.45, 2.75) is 32.4 Å². The van der Waals surface area contributed by atoms with Crippen molar-refractivity contribution in [2.24, 2.45) is 0 Å². The van der Waals surface area contributed by atoms with Crippen LogP contribution in [-0.2, 0) is 25.5 Å². The molecular formula is C18H23N3O5. The number of rotatable bonds is 5. The van der Waals surface area contributed by atoms with Crippen molar-refractivity contribution in [3.8, 4) is 0 Å². The molecule has 2 atom stereocenters. The van der Waals surface area contributed by atoms with E-state index in [1.54, 1.807) is 9.80 Å². The van der Waals surface area contributed by atoms with E-state index in [1.165, 1.54) is 14.0 Å². The van der Waals surface area contributed by atoms with Crippen molar-refractivity contribution in [3.05, 3.63) is 23.8 Å². The second kappa shape index (κ2) is 7.33. The van der Waals surface area contributed by atoms with Gasteiger partial charge in [-0.1, -0.05) is 0 Å². The fourth-order valence-corrected chi connectivity index (χ4v) is 3.45. The molecule has 2 heterocycles. The van der Waals surface area contributed by atoms with E-state index < -0.39 is 6.09 Å². The zero-order valence-electron chi connectivity index (χ0n) is 15.2. The van der Waals surface area contributed by atoms with Crippen molar-refractivity contribution in [3.63, 3.8) is 0 Å². The van der Waals surface area contributed by atoms with Gasteiger partial charge in [0, 0.05) is 31.5 Å². The predicted octanol–water partition coefficient (Wildman–Crippen LogP) is 1.07. The highest BCUT2D eigenvalue weighted by Crippen LogP contribution is 2.36. The number of fused-ring (bicyclic) bond motifs is 1. The molecule has 1 N–H and O–H groups in total. The van der Waals surface area contributed by atoms with E-state index in [4.69, 9.17) is 9.47 Å². The van der Waals surface area contributed by atoms with E-state index in [0.29, 0.717) is 13.1 Å². The monoisotopic (exact) mass is 361 g/mol. The van der Waals surface area contributed by atoms with Crippen LogP contribution in [0.4, 0.5) is 16.2 Å². The van der Waals surface area contributed by atoms with Crippen molar-refractivity contribution < 1.29 is 23.9 Å². The van der Waals surface area contributed by atoms with Crippen LogP contribution >= 0.6 is 0 Å². The highest BCUT2D eigenvalue weighted by molar-refractivity contribution is 5.98. The Bertz CT molecular complexity index is 736. The smallest absolute Gasteiger partial charge is 0.414 e. The first-order valence-corrected chi connectivity index (χ1v) is 8.57. The van der Waals surface area contributed by atoms with Gasteiger partial charge in [0.1, 0.15) is 12.7 Å². The van der Waals surface area contributed by atoms with Crippen molar-refractivity contribution in [2.75, 3.05) is 36.6 Å². The summed E-state index contributed by atoms with van der Waals surface area (Å²) >= 11 is 0. The molecule has 1 aromatic rings. The lowest BCUT2D eigenvalue weighted by Crippen LogP contribution is -2.38. The third kappa shape index (κ3) is 3.50. The van der Waals surface area contributed by atoms with Crippen LogP contribution in [-0.4, -0.2) is 56.9 Å². The van der Waals surface area contributed by atoms with Gasteiger partial charge in [-0.3, -0.25) is 14.5 Å². The number of nitrogens with one attached hydrogen (secondary N) is 1. The molecule has 0 saturated carbocycles. The molecule has 3 amide bonds. The van der Waals surface area contributed by atoms with Crippen LogP contribution in [0, 0.1) is 0 Å². The summed E-state index contributed by atoms with van der Waals surface area (Å²) in [5, 5.41) is 2.66. The molecule has 3 rings (SSSR count). The van der Waals surface area contributed by atoms with Crippen LogP contribution in [0.25, 0.3) is 0 Å². The Morgan fingerprint density at radius 3 is 2.85 bits per heavy atom. The molecular weight excluding hydrogens is 338 g/mol. The van der Waals surface area contributed by atoms with Gasteiger partial charge >= 0.3 is 6.09 Å². The number of hydrogen-bond acceptors (Lipinski definition) is 5. The van der Waals surface area contributed by atoms with Crippen LogP contribution in [0.15, 0.2) is 18.2 Å². The highest BCUT2D eigenvalue weighted by atomic mass is 16.6. The van der Waals surface area contributed by atoms with Crippen LogP contribution in [0.5, 0.6) is 0 Å². The fraction of sp³-hybridized carbons (Fsp3) is 0.500. The molecule has 0 aliphatic carbocycles.